The number of benzene rings is 1. The minimum atomic E-state index is -0.264. The summed E-state index contributed by atoms with van der Waals surface area (Å²) in [5.74, 6) is -0.100. The maximum Gasteiger partial charge on any atom is 0.223 e. The first-order chi connectivity index (χ1) is 11.5. The van der Waals surface area contributed by atoms with E-state index in [2.05, 4.69) is 5.32 Å². The summed E-state index contributed by atoms with van der Waals surface area (Å²) in [5, 5.41) is 3.15. The Morgan fingerprint density at radius 1 is 1.29 bits per heavy atom. The molecule has 3 N–H and O–H groups in total. The fourth-order valence-electron chi connectivity index (χ4n) is 3.87. The predicted molar refractivity (Wildman–Crippen MR) is 93.8 cm³/mol. The monoisotopic (exact) mass is 327 g/mol. The molecule has 1 unspecified atom stereocenters. The van der Waals surface area contributed by atoms with Gasteiger partial charge in [0.1, 0.15) is 0 Å². The van der Waals surface area contributed by atoms with Gasteiger partial charge in [-0.2, -0.15) is 0 Å². The third-order valence-electron chi connectivity index (χ3n) is 5.20. The van der Waals surface area contributed by atoms with Crippen molar-refractivity contribution in [3.8, 4) is 0 Å². The zero-order valence-electron chi connectivity index (χ0n) is 14.1. The number of hydrogen-bond donors (Lipinski definition) is 2. The maximum atomic E-state index is 12.7. The lowest BCUT2D eigenvalue weighted by atomic mass is 9.92. The van der Waals surface area contributed by atoms with Gasteiger partial charge in [0.2, 0.25) is 11.8 Å². The molecular formula is C19H25N3O2. The lowest BCUT2D eigenvalue weighted by Crippen LogP contribution is -2.52. The summed E-state index contributed by atoms with van der Waals surface area (Å²) in [4.78, 5) is 26.3. The summed E-state index contributed by atoms with van der Waals surface area (Å²) in [6, 6.07) is 7.64. The molecule has 0 bridgehead atoms. The third kappa shape index (κ3) is 3.22. The highest BCUT2D eigenvalue weighted by atomic mass is 16.2. The van der Waals surface area contributed by atoms with Gasteiger partial charge in [-0.3, -0.25) is 9.59 Å². The predicted octanol–water partition coefficient (Wildman–Crippen LogP) is 2.34. The lowest BCUT2D eigenvalue weighted by Gasteiger charge is -2.34. The minimum absolute atomic E-state index is 0.0382. The molecule has 5 heteroatoms. The van der Waals surface area contributed by atoms with Crippen LogP contribution in [0.1, 0.15) is 56.2 Å². The fourth-order valence-corrected chi connectivity index (χ4v) is 3.87. The summed E-state index contributed by atoms with van der Waals surface area (Å²) in [5.41, 5.74) is 7.72. The average Bonchev–Trinajstić information content (AvgIpc) is 3.03. The first kappa shape index (κ1) is 16.7. The Balaban J connectivity index is 1.79. The smallest absolute Gasteiger partial charge is 0.223 e. The number of nitrogens with zero attached hydrogens (tertiary/aromatic N) is 1. The number of nitrogens with one attached hydrogen (secondary N) is 1. The molecule has 1 aliphatic carbocycles. The van der Waals surface area contributed by atoms with Crippen molar-refractivity contribution in [1.29, 1.82) is 0 Å². The van der Waals surface area contributed by atoms with Crippen LogP contribution in [0.25, 0.3) is 6.08 Å². The number of carbonyl (C=O) groups excluding carboxylic acids is 2. The molecular weight excluding hydrogens is 302 g/mol. The van der Waals surface area contributed by atoms with Gasteiger partial charge in [0.25, 0.3) is 0 Å². The second-order valence-corrected chi connectivity index (χ2v) is 6.83. The molecule has 5 nitrogen and oxygen atoms in total. The molecule has 1 aromatic carbocycles. The first-order valence-electron chi connectivity index (χ1n) is 8.62. The topological polar surface area (TPSA) is 75.4 Å². The Kier molecular flexibility index (Phi) is 4.71. The van der Waals surface area contributed by atoms with Crippen LogP contribution in [0, 0.1) is 0 Å². The quantitative estimate of drug-likeness (QED) is 0.891. The van der Waals surface area contributed by atoms with E-state index in [9.17, 15) is 9.59 Å². The second kappa shape index (κ2) is 6.77. The van der Waals surface area contributed by atoms with Crippen molar-refractivity contribution in [2.45, 2.75) is 50.6 Å². The summed E-state index contributed by atoms with van der Waals surface area (Å²) < 4.78 is 0. The Labute approximate surface area is 142 Å². The van der Waals surface area contributed by atoms with Gasteiger partial charge >= 0.3 is 0 Å². The Hall–Kier alpha value is -2.14. The van der Waals surface area contributed by atoms with E-state index in [0.29, 0.717) is 6.54 Å². The van der Waals surface area contributed by atoms with E-state index in [-0.39, 0.29) is 29.8 Å². The molecule has 0 radical (unpaired) electrons. The van der Waals surface area contributed by atoms with Crippen molar-refractivity contribution < 1.29 is 9.59 Å². The van der Waals surface area contributed by atoms with E-state index in [4.69, 9.17) is 5.73 Å². The maximum absolute atomic E-state index is 12.7. The van der Waals surface area contributed by atoms with E-state index >= 15 is 0 Å². The Morgan fingerprint density at radius 3 is 2.67 bits per heavy atom. The molecule has 1 saturated carbocycles. The highest BCUT2D eigenvalue weighted by Crippen LogP contribution is 2.34. The van der Waals surface area contributed by atoms with Crippen LogP contribution in [0.5, 0.6) is 0 Å². The number of nitrogens with two attached hydrogens (primary N) is 1. The zero-order chi connectivity index (χ0) is 17.2. The Bertz CT molecular complexity index is 662. The Morgan fingerprint density at radius 2 is 2.00 bits per heavy atom. The van der Waals surface area contributed by atoms with Crippen molar-refractivity contribution >= 4 is 17.9 Å². The van der Waals surface area contributed by atoms with Crippen molar-refractivity contribution in [3.63, 3.8) is 0 Å². The molecule has 128 valence electrons. The van der Waals surface area contributed by atoms with E-state index in [0.717, 1.165) is 36.8 Å². The number of carbonyl (C=O) groups is 2. The van der Waals surface area contributed by atoms with Crippen LogP contribution in [0.2, 0.25) is 0 Å². The van der Waals surface area contributed by atoms with Crippen molar-refractivity contribution in [3.05, 3.63) is 41.6 Å². The van der Waals surface area contributed by atoms with E-state index < -0.39 is 0 Å². The molecule has 24 heavy (non-hydrogen) atoms. The molecule has 0 spiro atoms. The van der Waals surface area contributed by atoms with Gasteiger partial charge in [0.05, 0.1) is 18.0 Å². The summed E-state index contributed by atoms with van der Waals surface area (Å²) in [6.45, 7) is 2.00. The molecule has 0 aromatic heterocycles. The molecule has 3 rings (SSSR count). The zero-order valence-corrected chi connectivity index (χ0v) is 14.1. The van der Waals surface area contributed by atoms with Crippen molar-refractivity contribution in [1.82, 2.24) is 10.2 Å². The van der Waals surface area contributed by atoms with E-state index in [1.165, 1.54) is 6.92 Å². The number of amides is 2. The van der Waals surface area contributed by atoms with Crippen LogP contribution in [0.4, 0.5) is 0 Å². The van der Waals surface area contributed by atoms with Crippen LogP contribution in [0.15, 0.2) is 30.5 Å². The molecule has 1 aromatic rings. The molecule has 2 amide bonds. The first-order valence-corrected chi connectivity index (χ1v) is 8.62. The third-order valence-corrected chi connectivity index (χ3v) is 5.20. The van der Waals surface area contributed by atoms with Crippen LogP contribution in [0.3, 0.4) is 0 Å². The molecule has 1 atom stereocenters. The van der Waals surface area contributed by atoms with Crippen LogP contribution >= 0.6 is 0 Å². The van der Waals surface area contributed by atoms with Gasteiger partial charge in [-0.25, -0.2) is 0 Å². The summed E-state index contributed by atoms with van der Waals surface area (Å²) in [6.07, 6.45) is 8.03. The summed E-state index contributed by atoms with van der Waals surface area (Å²) in [7, 11) is 0. The van der Waals surface area contributed by atoms with Gasteiger partial charge in [0.15, 0.2) is 0 Å². The fraction of sp³-hybridized carbons (Fsp3) is 0.474. The van der Waals surface area contributed by atoms with E-state index in [1.807, 2.05) is 30.3 Å². The van der Waals surface area contributed by atoms with Gasteiger partial charge in [-0.15, -0.1) is 0 Å². The number of fused-ring (bicyclic) bond motifs is 1. The van der Waals surface area contributed by atoms with Gasteiger partial charge < -0.3 is 16.0 Å². The van der Waals surface area contributed by atoms with Gasteiger partial charge in [-0.05, 0) is 30.0 Å². The second-order valence-electron chi connectivity index (χ2n) is 6.83. The highest BCUT2D eigenvalue weighted by molar-refractivity contribution is 5.82. The number of rotatable bonds is 4. The van der Waals surface area contributed by atoms with Gasteiger partial charge in [0, 0.05) is 19.7 Å². The van der Waals surface area contributed by atoms with Crippen LogP contribution in [-0.4, -0.2) is 28.8 Å². The van der Waals surface area contributed by atoms with Gasteiger partial charge in [-0.1, -0.05) is 37.1 Å². The van der Waals surface area contributed by atoms with Crippen LogP contribution < -0.4 is 11.1 Å². The molecule has 1 aliphatic heterocycles. The minimum Gasteiger partial charge on any atom is -0.349 e. The molecule has 2 aliphatic rings. The SMILES string of the molecule is CC(=O)N1C=Cc2ccccc2C1CC(=O)NC1(CN)CCCC1. The van der Waals surface area contributed by atoms with Crippen molar-refractivity contribution in [2.75, 3.05) is 6.54 Å². The normalized spacial score (nSPS) is 21.4. The van der Waals surface area contributed by atoms with E-state index in [1.54, 1.807) is 11.1 Å². The molecule has 0 saturated heterocycles. The number of hydrogen-bond acceptors (Lipinski definition) is 3. The molecule has 1 fully saturated rings. The average molecular weight is 327 g/mol. The standard InChI is InChI=1S/C19H25N3O2/c1-14(23)22-11-8-15-6-2-3-7-16(15)17(22)12-18(24)21-19(13-20)9-4-5-10-19/h2-3,6-8,11,17H,4-5,9-10,12-13,20H2,1H3,(H,21,24). The highest BCUT2D eigenvalue weighted by Gasteiger charge is 2.35. The summed E-state index contributed by atoms with van der Waals surface area (Å²) >= 11 is 0. The van der Waals surface area contributed by atoms with Crippen LogP contribution in [-0.2, 0) is 9.59 Å². The largest absolute Gasteiger partial charge is 0.349 e. The lowest BCUT2D eigenvalue weighted by molar-refractivity contribution is -0.130. The van der Waals surface area contributed by atoms with Crippen molar-refractivity contribution in [2.24, 2.45) is 5.73 Å². The molecule has 1 heterocycles.